The van der Waals surface area contributed by atoms with Crippen LogP contribution < -0.4 is 0 Å². The van der Waals surface area contributed by atoms with E-state index in [1.54, 1.807) is 0 Å². The molecule has 0 amide bonds. The Morgan fingerprint density at radius 1 is 0.607 bits per heavy atom. The van der Waals surface area contributed by atoms with Gasteiger partial charge in [-0.05, 0) is 6.42 Å². The highest BCUT2D eigenvalue weighted by molar-refractivity contribution is 4.57. The fourth-order valence-corrected chi connectivity index (χ4v) is 4.13. The summed E-state index contributed by atoms with van der Waals surface area (Å²) in [6.45, 7) is 4.29. The summed E-state index contributed by atoms with van der Waals surface area (Å²) in [6, 6.07) is 0. The van der Waals surface area contributed by atoms with Crippen LogP contribution >= 0.6 is 0 Å². The number of rotatable bonds is 22. The minimum atomic E-state index is -0.329. The maximum atomic E-state index is 10.3. The number of aliphatic hydroxyl groups excluding tert-OH is 3. The summed E-state index contributed by atoms with van der Waals surface area (Å²) in [7, 11) is 2.00. The first-order valence-corrected chi connectivity index (χ1v) is 12.3. The van der Waals surface area contributed by atoms with Gasteiger partial charge in [0.2, 0.25) is 0 Å². The summed E-state index contributed by atoms with van der Waals surface area (Å²) in [4.78, 5) is 0. The lowest BCUT2D eigenvalue weighted by Crippen LogP contribution is -2.52. The molecule has 0 aliphatic heterocycles. The summed E-state index contributed by atoms with van der Waals surface area (Å²) in [5.41, 5.74) is 0. The van der Waals surface area contributed by atoms with Gasteiger partial charge in [-0.1, -0.05) is 103 Å². The molecule has 4 heteroatoms. The summed E-state index contributed by atoms with van der Waals surface area (Å²) < 4.78 is 0.549. The van der Waals surface area contributed by atoms with Crippen molar-refractivity contribution >= 4 is 0 Å². The van der Waals surface area contributed by atoms with Crippen molar-refractivity contribution in [3.8, 4) is 0 Å². The summed E-state index contributed by atoms with van der Waals surface area (Å²) in [5.74, 6) is 0. The highest BCUT2D eigenvalue weighted by Crippen LogP contribution is 2.15. The molecule has 0 aliphatic rings. The second kappa shape index (κ2) is 20.1. The highest BCUT2D eigenvalue weighted by atomic mass is 16.3. The first kappa shape index (κ1) is 27.8. The third-order valence-electron chi connectivity index (χ3n) is 6.07. The van der Waals surface area contributed by atoms with Crippen LogP contribution in [0.2, 0.25) is 0 Å². The molecule has 28 heavy (non-hydrogen) atoms. The zero-order valence-corrected chi connectivity index (χ0v) is 19.2. The van der Waals surface area contributed by atoms with Crippen LogP contribution in [0, 0.1) is 0 Å². The summed E-state index contributed by atoms with van der Waals surface area (Å²) in [5, 5.41) is 28.6. The van der Waals surface area contributed by atoms with Crippen molar-refractivity contribution < 1.29 is 19.8 Å². The average Bonchev–Trinajstić information content (AvgIpc) is 2.65. The molecule has 0 fully saturated rings. The van der Waals surface area contributed by atoms with Gasteiger partial charge in [0, 0.05) is 0 Å². The van der Waals surface area contributed by atoms with Crippen molar-refractivity contribution in [1.82, 2.24) is 0 Å². The van der Waals surface area contributed by atoms with Gasteiger partial charge in [-0.15, -0.1) is 0 Å². The third kappa shape index (κ3) is 17.9. The lowest BCUT2D eigenvalue weighted by molar-refractivity contribution is -0.913. The quantitative estimate of drug-likeness (QED) is 0.176. The van der Waals surface area contributed by atoms with Crippen molar-refractivity contribution in [2.75, 3.05) is 39.9 Å². The standard InChI is InChI=1S/C24H52NO3/c1-3-4-5-6-7-8-9-10-11-12-13-14-15-16-17-18-24(28)23-25(2,19-21-26)20-22-27/h24,26-28H,3-23H2,1-2H3/q+1. The van der Waals surface area contributed by atoms with E-state index < -0.39 is 0 Å². The predicted octanol–water partition coefficient (Wildman–Crippen LogP) is 5.04. The van der Waals surface area contributed by atoms with E-state index in [0.717, 1.165) is 12.8 Å². The van der Waals surface area contributed by atoms with Crippen LogP contribution in [0.25, 0.3) is 0 Å². The Morgan fingerprint density at radius 3 is 1.32 bits per heavy atom. The highest BCUT2D eigenvalue weighted by Gasteiger charge is 2.24. The Balaban J connectivity index is 3.40. The Hall–Kier alpha value is -0.160. The van der Waals surface area contributed by atoms with E-state index >= 15 is 0 Å². The Kier molecular flexibility index (Phi) is 20.0. The van der Waals surface area contributed by atoms with E-state index in [4.69, 9.17) is 0 Å². The Labute approximate surface area is 175 Å². The van der Waals surface area contributed by atoms with E-state index in [0.29, 0.717) is 24.1 Å². The first-order valence-electron chi connectivity index (χ1n) is 12.3. The van der Waals surface area contributed by atoms with Gasteiger partial charge >= 0.3 is 0 Å². The first-order chi connectivity index (χ1) is 13.6. The van der Waals surface area contributed by atoms with Gasteiger partial charge in [-0.3, -0.25) is 0 Å². The van der Waals surface area contributed by atoms with E-state index in [1.165, 1.54) is 89.9 Å². The number of quaternary nitrogens is 1. The molecule has 170 valence electrons. The minimum absolute atomic E-state index is 0.0994. The lowest BCUT2D eigenvalue weighted by Gasteiger charge is -2.35. The maximum Gasteiger partial charge on any atom is 0.105 e. The predicted molar refractivity (Wildman–Crippen MR) is 121 cm³/mol. The van der Waals surface area contributed by atoms with Crippen molar-refractivity contribution in [3.05, 3.63) is 0 Å². The summed E-state index contributed by atoms with van der Waals surface area (Å²) >= 11 is 0. The van der Waals surface area contributed by atoms with E-state index in [9.17, 15) is 15.3 Å². The molecule has 0 bridgehead atoms. The number of nitrogens with zero attached hydrogens (tertiary/aromatic N) is 1. The second-order valence-corrected chi connectivity index (χ2v) is 9.09. The van der Waals surface area contributed by atoms with E-state index in [2.05, 4.69) is 6.92 Å². The third-order valence-corrected chi connectivity index (χ3v) is 6.07. The second-order valence-electron chi connectivity index (χ2n) is 9.09. The van der Waals surface area contributed by atoms with Crippen LogP contribution in [-0.2, 0) is 0 Å². The molecule has 1 atom stereocenters. The SMILES string of the molecule is CCCCCCCCCCCCCCCCCC(O)C[N+](C)(CCO)CCO. The molecular weight excluding hydrogens is 350 g/mol. The molecule has 0 aliphatic carbocycles. The average molecular weight is 403 g/mol. The molecule has 0 spiro atoms. The van der Waals surface area contributed by atoms with Crippen LogP contribution in [0.4, 0.5) is 0 Å². The molecule has 0 saturated heterocycles. The Bertz CT molecular complexity index is 306. The molecule has 0 aromatic heterocycles. The van der Waals surface area contributed by atoms with Gasteiger partial charge in [0.05, 0.1) is 20.3 Å². The molecular formula is C24H52NO3+. The molecule has 0 aromatic carbocycles. The van der Waals surface area contributed by atoms with Crippen molar-refractivity contribution in [2.24, 2.45) is 0 Å². The molecule has 4 nitrogen and oxygen atoms in total. The smallest absolute Gasteiger partial charge is 0.105 e. The van der Waals surface area contributed by atoms with Crippen LogP contribution in [-0.4, -0.2) is 65.8 Å². The molecule has 0 rings (SSSR count). The Morgan fingerprint density at radius 2 is 0.964 bits per heavy atom. The van der Waals surface area contributed by atoms with Crippen molar-refractivity contribution in [2.45, 2.75) is 116 Å². The molecule has 1 unspecified atom stereocenters. The monoisotopic (exact) mass is 402 g/mol. The fraction of sp³-hybridized carbons (Fsp3) is 1.00. The molecule has 0 heterocycles. The number of aliphatic hydroxyl groups is 3. The lowest BCUT2D eigenvalue weighted by atomic mass is 10.0. The van der Waals surface area contributed by atoms with Gasteiger partial charge in [-0.25, -0.2) is 0 Å². The normalized spacial score (nSPS) is 13.2. The largest absolute Gasteiger partial charge is 0.391 e. The van der Waals surface area contributed by atoms with Crippen molar-refractivity contribution in [1.29, 1.82) is 0 Å². The zero-order valence-electron chi connectivity index (χ0n) is 19.2. The molecule has 0 radical (unpaired) electrons. The summed E-state index contributed by atoms with van der Waals surface area (Å²) in [6.07, 6.45) is 20.9. The van der Waals surface area contributed by atoms with Gasteiger partial charge < -0.3 is 19.8 Å². The number of likely N-dealkylation sites (N-methyl/N-ethyl adjacent to an activating group) is 1. The minimum Gasteiger partial charge on any atom is -0.391 e. The number of unbranched alkanes of at least 4 members (excludes halogenated alkanes) is 14. The number of hydrogen-bond acceptors (Lipinski definition) is 3. The molecule has 0 aromatic rings. The van der Waals surface area contributed by atoms with Gasteiger partial charge in [0.1, 0.15) is 25.7 Å². The van der Waals surface area contributed by atoms with E-state index in [1.807, 2.05) is 7.05 Å². The zero-order chi connectivity index (χ0) is 20.9. The molecule has 3 N–H and O–H groups in total. The van der Waals surface area contributed by atoms with E-state index in [-0.39, 0.29) is 19.3 Å². The van der Waals surface area contributed by atoms with Crippen molar-refractivity contribution in [3.63, 3.8) is 0 Å². The fourth-order valence-electron chi connectivity index (χ4n) is 4.13. The molecule has 0 saturated carbocycles. The van der Waals surface area contributed by atoms with Crippen LogP contribution in [0.15, 0.2) is 0 Å². The maximum absolute atomic E-state index is 10.3. The van der Waals surface area contributed by atoms with Crippen LogP contribution in [0.3, 0.4) is 0 Å². The van der Waals surface area contributed by atoms with Gasteiger partial charge in [0.15, 0.2) is 0 Å². The topological polar surface area (TPSA) is 60.7 Å². The van der Waals surface area contributed by atoms with Gasteiger partial charge in [-0.2, -0.15) is 0 Å². The van der Waals surface area contributed by atoms with Crippen LogP contribution in [0.5, 0.6) is 0 Å². The van der Waals surface area contributed by atoms with Gasteiger partial charge in [0.25, 0.3) is 0 Å². The number of hydrogen-bond donors (Lipinski definition) is 3. The van der Waals surface area contributed by atoms with Crippen LogP contribution in [0.1, 0.15) is 110 Å².